The van der Waals surface area contributed by atoms with E-state index in [1.165, 1.54) is 0 Å². The highest BCUT2D eigenvalue weighted by Gasteiger charge is 2.48. The number of rotatable bonds is 3. The third-order valence-corrected chi connectivity index (χ3v) is 5.77. The third kappa shape index (κ3) is 2.92. The molecule has 0 radical (unpaired) electrons. The molecule has 1 aliphatic carbocycles. The lowest BCUT2D eigenvalue weighted by Gasteiger charge is -2.45. The van der Waals surface area contributed by atoms with Crippen LogP contribution in [0.3, 0.4) is 0 Å². The molecule has 25 heavy (non-hydrogen) atoms. The predicted molar refractivity (Wildman–Crippen MR) is 98.7 cm³/mol. The maximum absolute atomic E-state index is 13.9. The average Bonchev–Trinajstić information content (AvgIpc) is 2.70. The normalized spacial score (nSPS) is 24.2. The molecule has 130 valence electrons. The number of nitrogens with zero attached hydrogens (tertiary/aromatic N) is 1. The number of ether oxygens (including phenoxy) is 1. The van der Waals surface area contributed by atoms with Gasteiger partial charge in [0.15, 0.2) is 5.78 Å². The van der Waals surface area contributed by atoms with Crippen LogP contribution in [0.4, 0.5) is 0 Å². The summed E-state index contributed by atoms with van der Waals surface area (Å²) in [5.74, 6) is 0.359. The molecule has 3 heteroatoms. The molecule has 2 aliphatic rings. The Hall–Kier alpha value is -1.97. The van der Waals surface area contributed by atoms with Gasteiger partial charge in [0.25, 0.3) is 0 Å². The third-order valence-electron chi connectivity index (χ3n) is 5.77. The molecule has 1 saturated carbocycles. The van der Waals surface area contributed by atoms with Crippen LogP contribution in [0.1, 0.15) is 30.4 Å². The second kappa shape index (κ2) is 7.11. The van der Waals surface area contributed by atoms with E-state index in [2.05, 4.69) is 29.2 Å². The molecule has 0 spiro atoms. The Balaban J connectivity index is 1.79. The van der Waals surface area contributed by atoms with Gasteiger partial charge in [-0.1, -0.05) is 60.7 Å². The van der Waals surface area contributed by atoms with Crippen molar-refractivity contribution < 1.29 is 9.53 Å². The number of morpholine rings is 1. The molecule has 1 aliphatic heterocycles. The number of ketones is 1. The van der Waals surface area contributed by atoms with Crippen molar-refractivity contribution in [2.75, 3.05) is 26.3 Å². The number of Topliss-reactive ketones (excluding diaryl/α,β-unsaturated/α-hetero) is 1. The molecule has 1 saturated heterocycles. The maximum Gasteiger partial charge on any atom is 0.164 e. The lowest BCUT2D eigenvalue weighted by Crippen LogP contribution is -2.56. The lowest BCUT2D eigenvalue weighted by atomic mass is 9.62. The van der Waals surface area contributed by atoms with Gasteiger partial charge in [-0.15, -0.1) is 0 Å². The van der Waals surface area contributed by atoms with Crippen LogP contribution in [0.5, 0.6) is 0 Å². The monoisotopic (exact) mass is 335 g/mol. The minimum Gasteiger partial charge on any atom is -0.379 e. The minimum absolute atomic E-state index is 0.00179. The first-order valence-electron chi connectivity index (χ1n) is 9.29. The van der Waals surface area contributed by atoms with E-state index >= 15 is 0 Å². The maximum atomic E-state index is 13.9. The summed E-state index contributed by atoms with van der Waals surface area (Å²) < 4.78 is 5.49. The van der Waals surface area contributed by atoms with E-state index in [-0.39, 0.29) is 6.04 Å². The molecule has 0 N–H and O–H groups in total. The van der Waals surface area contributed by atoms with Gasteiger partial charge in [0.2, 0.25) is 0 Å². The van der Waals surface area contributed by atoms with Crippen molar-refractivity contribution in [1.82, 2.24) is 4.90 Å². The van der Waals surface area contributed by atoms with Gasteiger partial charge in [-0.25, -0.2) is 0 Å². The molecule has 1 atom stereocenters. The summed E-state index contributed by atoms with van der Waals surface area (Å²) >= 11 is 0. The van der Waals surface area contributed by atoms with Crippen LogP contribution in [0.15, 0.2) is 60.7 Å². The van der Waals surface area contributed by atoms with E-state index in [9.17, 15) is 4.79 Å². The van der Waals surface area contributed by atoms with E-state index in [0.717, 1.165) is 56.7 Å². The first kappa shape index (κ1) is 16.5. The molecule has 0 amide bonds. The van der Waals surface area contributed by atoms with Crippen LogP contribution in [0.2, 0.25) is 0 Å². The molecule has 1 heterocycles. The fraction of sp³-hybridized carbons (Fsp3) is 0.409. The van der Waals surface area contributed by atoms with Crippen molar-refractivity contribution >= 4 is 5.78 Å². The van der Waals surface area contributed by atoms with Crippen molar-refractivity contribution in [3.8, 4) is 0 Å². The molecule has 0 aromatic heterocycles. The van der Waals surface area contributed by atoms with Gasteiger partial charge in [-0.2, -0.15) is 0 Å². The van der Waals surface area contributed by atoms with E-state index in [0.29, 0.717) is 5.78 Å². The van der Waals surface area contributed by atoms with Crippen molar-refractivity contribution in [2.24, 2.45) is 0 Å². The van der Waals surface area contributed by atoms with Gasteiger partial charge in [0.1, 0.15) is 0 Å². The summed E-state index contributed by atoms with van der Waals surface area (Å²) in [6.45, 7) is 3.17. The van der Waals surface area contributed by atoms with E-state index in [1.54, 1.807) is 0 Å². The average molecular weight is 335 g/mol. The molecule has 2 aromatic rings. The van der Waals surface area contributed by atoms with Crippen molar-refractivity contribution in [3.63, 3.8) is 0 Å². The van der Waals surface area contributed by atoms with Crippen LogP contribution < -0.4 is 0 Å². The van der Waals surface area contributed by atoms with Crippen LogP contribution in [0, 0.1) is 0 Å². The summed E-state index contributed by atoms with van der Waals surface area (Å²) in [6.07, 6.45) is 2.92. The molecule has 3 nitrogen and oxygen atoms in total. The minimum atomic E-state index is -0.524. The van der Waals surface area contributed by atoms with Gasteiger partial charge >= 0.3 is 0 Å². The Morgan fingerprint density at radius 1 is 0.880 bits per heavy atom. The van der Waals surface area contributed by atoms with Crippen molar-refractivity contribution in [3.05, 3.63) is 71.8 Å². The fourth-order valence-corrected chi connectivity index (χ4v) is 4.52. The number of benzene rings is 2. The molecule has 0 bridgehead atoms. The zero-order valence-corrected chi connectivity index (χ0v) is 14.6. The van der Waals surface area contributed by atoms with E-state index in [1.807, 2.05) is 36.4 Å². The number of hydrogen-bond donors (Lipinski definition) is 0. The van der Waals surface area contributed by atoms with Crippen molar-refractivity contribution in [1.29, 1.82) is 0 Å². The largest absolute Gasteiger partial charge is 0.379 e. The van der Waals surface area contributed by atoms with E-state index < -0.39 is 5.41 Å². The van der Waals surface area contributed by atoms with Crippen LogP contribution in [-0.4, -0.2) is 43.0 Å². The van der Waals surface area contributed by atoms with Crippen LogP contribution in [0.25, 0.3) is 0 Å². The Labute approximate surface area is 149 Å². The first-order chi connectivity index (χ1) is 12.3. The van der Waals surface area contributed by atoms with Gasteiger partial charge in [0, 0.05) is 13.1 Å². The standard InChI is InChI=1S/C22H25NO2/c24-21-20(23-14-16-25-17-15-23)12-7-13-22(21,18-8-3-1-4-9-18)19-10-5-2-6-11-19/h1-6,8-11,20H,7,12-17H2. The summed E-state index contributed by atoms with van der Waals surface area (Å²) in [7, 11) is 0. The number of hydrogen-bond acceptors (Lipinski definition) is 3. The number of carbonyl (C=O) groups excluding carboxylic acids is 1. The lowest BCUT2D eigenvalue weighted by molar-refractivity contribution is -0.133. The molecule has 4 rings (SSSR count). The molecule has 1 unspecified atom stereocenters. The summed E-state index contributed by atoms with van der Waals surface area (Å²) in [6, 6.07) is 20.7. The SMILES string of the molecule is O=C1C(N2CCOCC2)CCCC1(c1ccccc1)c1ccccc1. The van der Waals surface area contributed by atoms with E-state index in [4.69, 9.17) is 4.74 Å². The van der Waals surface area contributed by atoms with Crippen LogP contribution >= 0.6 is 0 Å². The number of carbonyl (C=O) groups is 1. The quantitative estimate of drug-likeness (QED) is 0.861. The summed E-state index contributed by atoms with van der Waals surface area (Å²) in [5, 5.41) is 0. The predicted octanol–water partition coefficient (Wildman–Crippen LogP) is 3.43. The Morgan fingerprint density at radius 3 is 2.00 bits per heavy atom. The van der Waals surface area contributed by atoms with Gasteiger partial charge in [-0.05, 0) is 30.4 Å². The highest BCUT2D eigenvalue weighted by molar-refractivity contribution is 5.98. The Kier molecular flexibility index (Phi) is 4.69. The smallest absolute Gasteiger partial charge is 0.164 e. The highest BCUT2D eigenvalue weighted by Crippen LogP contribution is 2.43. The van der Waals surface area contributed by atoms with Crippen molar-refractivity contribution in [2.45, 2.75) is 30.7 Å². The second-order valence-corrected chi connectivity index (χ2v) is 7.06. The molecular formula is C22H25NO2. The zero-order chi connectivity index (χ0) is 17.1. The topological polar surface area (TPSA) is 29.5 Å². The highest BCUT2D eigenvalue weighted by atomic mass is 16.5. The van der Waals surface area contributed by atoms with Gasteiger partial charge in [-0.3, -0.25) is 9.69 Å². The second-order valence-electron chi connectivity index (χ2n) is 7.06. The molecule has 2 fully saturated rings. The fourth-order valence-electron chi connectivity index (χ4n) is 4.52. The zero-order valence-electron chi connectivity index (χ0n) is 14.6. The van der Waals surface area contributed by atoms with Gasteiger partial charge < -0.3 is 4.74 Å². The Bertz CT molecular complexity index is 668. The Morgan fingerprint density at radius 2 is 1.44 bits per heavy atom. The molecular weight excluding hydrogens is 310 g/mol. The first-order valence-corrected chi connectivity index (χ1v) is 9.29. The van der Waals surface area contributed by atoms with Crippen LogP contribution in [-0.2, 0) is 14.9 Å². The van der Waals surface area contributed by atoms with Gasteiger partial charge in [0.05, 0.1) is 24.7 Å². The molecule has 2 aromatic carbocycles. The summed E-state index contributed by atoms with van der Waals surface area (Å²) in [4.78, 5) is 16.2. The summed E-state index contributed by atoms with van der Waals surface area (Å²) in [5.41, 5.74) is 1.73.